The highest BCUT2D eigenvalue weighted by Gasteiger charge is 2.29. The molecule has 1 amide bonds. The third kappa shape index (κ3) is 3.37. The molecule has 0 N–H and O–H groups in total. The summed E-state index contributed by atoms with van der Waals surface area (Å²) in [7, 11) is 0. The third-order valence-corrected chi connectivity index (χ3v) is 4.50. The number of benzene rings is 1. The molecule has 2 aliphatic rings. The van der Waals surface area contributed by atoms with Crippen LogP contribution in [0.1, 0.15) is 24.8 Å². The minimum absolute atomic E-state index is 0.0781. The fourth-order valence-electron chi connectivity index (χ4n) is 2.94. The molecule has 4 heteroatoms. The standard InChI is InChI=1S/C18H21N3O/c19-12-17-14-21(18(22)11-15-7-4-8-15)10-9-20(17)13-16-5-2-1-3-6-16/h1-3,5-6,11,17H,4,7-10,13-14H2. The number of hydrogen-bond acceptors (Lipinski definition) is 3. The van der Waals surface area contributed by atoms with E-state index >= 15 is 0 Å². The number of amides is 1. The van der Waals surface area contributed by atoms with E-state index in [-0.39, 0.29) is 11.9 Å². The molecule has 1 unspecified atom stereocenters. The second-order valence-corrected chi connectivity index (χ2v) is 6.04. The van der Waals surface area contributed by atoms with E-state index in [4.69, 9.17) is 0 Å². The molecule has 114 valence electrons. The second kappa shape index (κ2) is 6.76. The summed E-state index contributed by atoms with van der Waals surface area (Å²) in [5.74, 6) is 0.0781. The van der Waals surface area contributed by atoms with Crippen LogP contribution in [0, 0.1) is 11.3 Å². The topological polar surface area (TPSA) is 47.3 Å². The Balaban J connectivity index is 1.61. The number of carbonyl (C=O) groups is 1. The van der Waals surface area contributed by atoms with Crippen molar-refractivity contribution in [2.45, 2.75) is 31.8 Å². The zero-order valence-corrected chi connectivity index (χ0v) is 12.7. The summed E-state index contributed by atoms with van der Waals surface area (Å²) in [5.41, 5.74) is 2.46. The Kier molecular flexibility index (Phi) is 4.55. The Morgan fingerprint density at radius 2 is 2.05 bits per heavy atom. The first kappa shape index (κ1) is 14.8. The first-order valence-corrected chi connectivity index (χ1v) is 7.92. The van der Waals surface area contributed by atoms with Crippen molar-refractivity contribution in [1.29, 1.82) is 5.26 Å². The summed E-state index contributed by atoms with van der Waals surface area (Å²) in [4.78, 5) is 16.2. The molecule has 1 aliphatic heterocycles. The van der Waals surface area contributed by atoms with E-state index in [0.29, 0.717) is 13.1 Å². The zero-order chi connectivity index (χ0) is 15.4. The highest BCUT2D eigenvalue weighted by molar-refractivity contribution is 5.88. The SMILES string of the molecule is N#CC1CN(C(=O)C=C2CCC2)CCN1Cc1ccccc1. The molecular formula is C18H21N3O. The first-order chi connectivity index (χ1) is 10.8. The molecule has 3 rings (SSSR count). The van der Waals surface area contributed by atoms with Crippen molar-refractivity contribution < 1.29 is 4.79 Å². The Bertz CT molecular complexity index is 597. The van der Waals surface area contributed by atoms with Crippen LogP contribution in [0.25, 0.3) is 0 Å². The van der Waals surface area contributed by atoms with Gasteiger partial charge >= 0.3 is 0 Å². The van der Waals surface area contributed by atoms with Crippen molar-refractivity contribution in [2.75, 3.05) is 19.6 Å². The molecule has 22 heavy (non-hydrogen) atoms. The summed E-state index contributed by atoms with van der Waals surface area (Å²) < 4.78 is 0. The molecule has 0 aromatic heterocycles. The van der Waals surface area contributed by atoms with Gasteiger partial charge in [0.05, 0.1) is 6.07 Å². The van der Waals surface area contributed by atoms with Crippen LogP contribution in [-0.4, -0.2) is 41.4 Å². The molecule has 4 nitrogen and oxygen atoms in total. The average molecular weight is 295 g/mol. The maximum atomic E-state index is 12.2. The van der Waals surface area contributed by atoms with Gasteiger partial charge < -0.3 is 4.90 Å². The number of rotatable bonds is 3. The normalized spacial score (nSPS) is 21.9. The van der Waals surface area contributed by atoms with E-state index < -0.39 is 0 Å². The molecule has 1 aromatic rings. The second-order valence-electron chi connectivity index (χ2n) is 6.04. The van der Waals surface area contributed by atoms with Crippen molar-refractivity contribution in [3.8, 4) is 6.07 Å². The quantitative estimate of drug-likeness (QED) is 0.804. The summed E-state index contributed by atoms with van der Waals surface area (Å²) in [6.07, 6.45) is 5.10. The van der Waals surface area contributed by atoms with E-state index in [2.05, 4.69) is 23.1 Å². The lowest BCUT2D eigenvalue weighted by Gasteiger charge is -2.38. The van der Waals surface area contributed by atoms with Gasteiger partial charge in [0.25, 0.3) is 0 Å². The molecule has 1 aliphatic carbocycles. The van der Waals surface area contributed by atoms with Crippen molar-refractivity contribution in [1.82, 2.24) is 9.80 Å². The van der Waals surface area contributed by atoms with Crippen molar-refractivity contribution in [2.24, 2.45) is 0 Å². The number of allylic oxidation sites excluding steroid dienone is 1. The maximum Gasteiger partial charge on any atom is 0.246 e. The largest absolute Gasteiger partial charge is 0.335 e. The van der Waals surface area contributed by atoms with Gasteiger partial charge in [0, 0.05) is 32.3 Å². The predicted octanol–water partition coefficient (Wildman–Crippen LogP) is 2.33. The van der Waals surface area contributed by atoms with Gasteiger partial charge in [-0.25, -0.2) is 0 Å². The van der Waals surface area contributed by atoms with Crippen LogP contribution in [0.2, 0.25) is 0 Å². The van der Waals surface area contributed by atoms with E-state index in [1.807, 2.05) is 23.1 Å². The monoisotopic (exact) mass is 295 g/mol. The summed E-state index contributed by atoms with van der Waals surface area (Å²) >= 11 is 0. The fourth-order valence-corrected chi connectivity index (χ4v) is 2.94. The van der Waals surface area contributed by atoms with Gasteiger partial charge in [0.1, 0.15) is 6.04 Å². The fraction of sp³-hybridized carbons (Fsp3) is 0.444. The number of hydrogen-bond donors (Lipinski definition) is 0. The minimum Gasteiger partial charge on any atom is -0.335 e. The Morgan fingerprint density at radius 1 is 1.27 bits per heavy atom. The van der Waals surface area contributed by atoms with Gasteiger partial charge in [-0.15, -0.1) is 0 Å². The summed E-state index contributed by atoms with van der Waals surface area (Å²) in [5, 5.41) is 9.43. The van der Waals surface area contributed by atoms with Crippen LogP contribution in [-0.2, 0) is 11.3 Å². The maximum absolute atomic E-state index is 12.2. The van der Waals surface area contributed by atoms with Crippen LogP contribution < -0.4 is 0 Å². The molecule has 1 saturated carbocycles. The van der Waals surface area contributed by atoms with Crippen LogP contribution in [0.3, 0.4) is 0 Å². The van der Waals surface area contributed by atoms with Crippen LogP contribution in [0.5, 0.6) is 0 Å². The molecule has 0 spiro atoms. The smallest absolute Gasteiger partial charge is 0.246 e. The van der Waals surface area contributed by atoms with E-state index in [0.717, 1.165) is 25.9 Å². The molecule has 0 radical (unpaired) electrons. The zero-order valence-electron chi connectivity index (χ0n) is 12.7. The number of nitriles is 1. The Labute approximate surface area is 131 Å². The lowest BCUT2D eigenvalue weighted by atomic mass is 9.92. The van der Waals surface area contributed by atoms with E-state index in [9.17, 15) is 10.1 Å². The van der Waals surface area contributed by atoms with Gasteiger partial charge in [-0.05, 0) is 24.8 Å². The first-order valence-electron chi connectivity index (χ1n) is 7.92. The van der Waals surface area contributed by atoms with E-state index in [1.54, 1.807) is 6.08 Å². The molecule has 1 atom stereocenters. The lowest BCUT2D eigenvalue weighted by molar-refractivity contribution is -0.128. The molecule has 1 saturated heterocycles. The number of nitrogens with zero attached hydrogens (tertiary/aromatic N) is 3. The van der Waals surface area contributed by atoms with Crippen molar-refractivity contribution in [3.05, 3.63) is 47.5 Å². The number of carbonyl (C=O) groups excluding carboxylic acids is 1. The molecule has 2 fully saturated rings. The Morgan fingerprint density at radius 3 is 2.68 bits per heavy atom. The summed E-state index contributed by atoms with van der Waals surface area (Å²) in [6, 6.07) is 12.3. The highest BCUT2D eigenvalue weighted by atomic mass is 16.2. The molecule has 1 aromatic carbocycles. The minimum atomic E-state index is -0.224. The van der Waals surface area contributed by atoms with Gasteiger partial charge in [-0.2, -0.15) is 5.26 Å². The van der Waals surface area contributed by atoms with E-state index in [1.165, 1.54) is 17.6 Å². The van der Waals surface area contributed by atoms with Crippen LogP contribution in [0.15, 0.2) is 42.0 Å². The van der Waals surface area contributed by atoms with Gasteiger partial charge in [-0.3, -0.25) is 9.69 Å². The molecule has 1 heterocycles. The van der Waals surface area contributed by atoms with Crippen molar-refractivity contribution >= 4 is 5.91 Å². The van der Waals surface area contributed by atoms with Crippen LogP contribution in [0.4, 0.5) is 0 Å². The highest BCUT2D eigenvalue weighted by Crippen LogP contribution is 2.25. The lowest BCUT2D eigenvalue weighted by Crippen LogP contribution is -2.53. The average Bonchev–Trinajstić information content (AvgIpc) is 2.52. The summed E-state index contributed by atoms with van der Waals surface area (Å²) in [6.45, 7) is 2.73. The molecule has 0 bridgehead atoms. The van der Waals surface area contributed by atoms with Crippen LogP contribution >= 0.6 is 0 Å². The van der Waals surface area contributed by atoms with Gasteiger partial charge in [0.2, 0.25) is 5.91 Å². The van der Waals surface area contributed by atoms with Gasteiger partial charge in [-0.1, -0.05) is 35.9 Å². The predicted molar refractivity (Wildman–Crippen MR) is 84.8 cm³/mol. The van der Waals surface area contributed by atoms with Crippen molar-refractivity contribution in [3.63, 3.8) is 0 Å². The third-order valence-electron chi connectivity index (χ3n) is 4.50. The number of piperazine rings is 1. The van der Waals surface area contributed by atoms with Gasteiger partial charge in [0.15, 0.2) is 0 Å². The molecular weight excluding hydrogens is 274 g/mol. The Hall–Kier alpha value is -2.12.